The fraction of sp³-hybridized carbons (Fsp3) is 0.385. The van der Waals surface area contributed by atoms with Crippen molar-refractivity contribution in [2.75, 3.05) is 11.9 Å². The van der Waals surface area contributed by atoms with Crippen LogP contribution in [0.5, 0.6) is 0 Å². The van der Waals surface area contributed by atoms with Gasteiger partial charge in [-0.1, -0.05) is 19.1 Å². The van der Waals surface area contributed by atoms with E-state index >= 15 is 0 Å². The second-order valence-electron chi connectivity index (χ2n) is 4.48. The highest BCUT2D eigenvalue weighted by Crippen LogP contribution is 2.16. The van der Waals surface area contributed by atoms with Gasteiger partial charge in [0.1, 0.15) is 0 Å². The number of benzene rings is 1. The largest absolute Gasteiger partial charge is 0.351 e. The first-order valence-electron chi connectivity index (χ1n) is 6.11. The summed E-state index contributed by atoms with van der Waals surface area (Å²) in [7, 11) is 0. The molecular weight excluding hydrogens is 244 g/mol. The molecule has 0 radical (unpaired) electrons. The molecule has 6 heteroatoms. The molecule has 19 heavy (non-hydrogen) atoms. The molecule has 6 nitrogen and oxygen atoms in total. The highest BCUT2D eigenvalue weighted by Gasteiger charge is 2.14. The molecule has 0 saturated carbocycles. The van der Waals surface area contributed by atoms with Crippen LogP contribution >= 0.6 is 0 Å². The van der Waals surface area contributed by atoms with Gasteiger partial charge >= 0.3 is 6.03 Å². The topological polar surface area (TPSA) is 110 Å². The average molecular weight is 264 g/mol. The van der Waals surface area contributed by atoms with Gasteiger partial charge in [0.25, 0.3) is 0 Å². The van der Waals surface area contributed by atoms with Crippen molar-refractivity contribution in [3.05, 3.63) is 29.8 Å². The van der Waals surface area contributed by atoms with Crippen LogP contribution in [0.2, 0.25) is 0 Å². The third-order valence-corrected chi connectivity index (χ3v) is 2.84. The second kappa shape index (κ2) is 6.75. The van der Waals surface area contributed by atoms with Crippen LogP contribution in [0.1, 0.15) is 25.5 Å². The van der Waals surface area contributed by atoms with Crippen molar-refractivity contribution in [3.8, 4) is 0 Å². The molecule has 0 bridgehead atoms. The van der Waals surface area contributed by atoms with E-state index in [9.17, 15) is 9.59 Å². The fourth-order valence-corrected chi connectivity index (χ4v) is 1.54. The molecule has 6 N–H and O–H groups in total. The molecular formula is C13H20N4O2. The van der Waals surface area contributed by atoms with Crippen LogP contribution in [0.4, 0.5) is 10.5 Å². The molecule has 0 heterocycles. The Morgan fingerprint density at radius 3 is 2.26 bits per heavy atom. The Hall–Kier alpha value is -2.08. The predicted molar refractivity (Wildman–Crippen MR) is 74.4 cm³/mol. The van der Waals surface area contributed by atoms with Gasteiger partial charge in [-0.25, -0.2) is 4.79 Å². The van der Waals surface area contributed by atoms with Crippen LogP contribution in [-0.4, -0.2) is 18.5 Å². The highest BCUT2D eigenvalue weighted by molar-refractivity contribution is 5.87. The minimum Gasteiger partial charge on any atom is -0.351 e. The zero-order valence-corrected chi connectivity index (χ0v) is 11.1. The van der Waals surface area contributed by atoms with Crippen LogP contribution in [0.15, 0.2) is 24.3 Å². The number of urea groups is 1. The Labute approximate surface area is 112 Å². The van der Waals surface area contributed by atoms with E-state index in [4.69, 9.17) is 11.5 Å². The zero-order valence-electron chi connectivity index (χ0n) is 11.1. The molecule has 0 fully saturated rings. The third-order valence-electron chi connectivity index (χ3n) is 2.84. The molecule has 0 aliphatic rings. The maximum absolute atomic E-state index is 11.7. The van der Waals surface area contributed by atoms with Gasteiger partial charge in [0, 0.05) is 18.2 Å². The lowest BCUT2D eigenvalue weighted by atomic mass is 10.1. The second-order valence-corrected chi connectivity index (χ2v) is 4.48. The van der Waals surface area contributed by atoms with Gasteiger partial charge in [0.05, 0.1) is 6.04 Å². The van der Waals surface area contributed by atoms with E-state index in [0.717, 1.165) is 5.56 Å². The van der Waals surface area contributed by atoms with Crippen LogP contribution < -0.4 is 22.1 Å². The first-order chi connectivity index (χ1) is 8.93. The molecule has 1 aromatic carbocycles. The summed E-state index contributed by atoms with van der Waals surface area (Å²) in [6.45, 7) is 3.99. The van der Waals surface area contributed by atoms with Crippen molar-refractivity contribution in [1.29, 1.82) is 0 Å². The number of anilines is 1. The van der Waals surface area contributed by atoms with Crippen LogP contribution in [0.25, 0.3) is 0 Å². The highest BCUT2D eigenvalue weighted by atomic mass is 16.2. The fourth-order valence-electron chi connectivity index (χ4n) is 1.54. The lowest BCUT2D eigenvalue weighted by molar-refractivity contribution is -0.124. The van der Waals surface area contributed by atoms with Gasteiger partial charge in [0.2, 0.25) is 5.91 Å². The van der Waals surface area contributed by atoms with Crippen LogP contribution in [0, 0.1) is 5.92 Å². The lowest BCUT2D eigenvalue weighted by Gasteiger charge is -2.17. The minimum atomic E-state index is -0.606. The van der Waals surface area contributed by atoms with Crippen molar-refractivity contribution in [2.45, 2.75) is 19.9 Å². The standard InChI is InChI=1S/C13H20N4O2/c1-8(7-14)12(18)16-9(2)10-3-5-11(6-4-10)17-13(15)19/h3-6,8-9H,7,14H2,1-2H3,(H,16,18)(H3,15,17,19). The van der Waals surface area contributed by atoms with Gasteiger partial charge in [0.15, 0.2) is 0 Å². The Bertz CT molecular complexity index is 444. The summed E-state index contributed by atoms with van der Waals surface area (Å²) in [6, 6.07) is 6.38. The lowest BCUT2D eigenvalue weighted by Crippen LogP contribution is -2.34. The number of hydrogen-bond donors (Lipinski definition) is 4. The Kier molecular flexibility index (Phi) is 5.32. The first-order valence-corrected chi connectivity index (χ1v) is 6.11. The number of carbonyl (C=O) groups excluding carboxylic acids is 2. The number of amides is 3. The molecule has 2 unspecified atom stereocenters. The number of nitrogens with two attached hydrogens (primary N) is 2. The molecule has 0 aliphatic carbocycles. The quantitative estimate of drug-likeness (QED) is 0.635. The minimum absolute atomic E-state index is 0.0747. The van der Waals surface area contributed by atoms with Crippen molar-refractivity contribution in [2.24, 2.45) is 17.4 Å². The summed E-state index contributed by atoms with van der Waals surface area (Å²) in [6.07, 6.45) is 0. The zero-order chi connectivity index (χ0) is 14.4. The monoisotopic (exact) mass is 264 g/mol. The van der Waals surface area contributed by atoms with E-state index in [2.05, 4.69) is 10.6 Å². The summed E-state index contributed by atoms with van der Waals surface area (Å²) in [4.78, 5) is 22.4. The molecule has 0 aromatic heterocycles. The maximum Gasteiger partial charge on any atom is 0.316 e. The third kappa shape index (κ3) is 4.59. The summed E-state index contributed by atoms with van der Waals surface area (Å²) >= 11 is 0. The van der Waals surface area contributed by atoms with Crippen molar-refractivity contribution < 1.29 is 9.59 Å². The number of nitrogens with one attached hydrogen (secondary N) is 2. The van der Waals surface area contributed by atoms with Gasteiger partial charge in [-0.05, 0) is 24.6 Å². The summed E-state index contributed by atoms with van der Waals surface area (Å²) in [5.41, 5.74) is 12.0. The number of primary amides is 1. The Morgan fingerprint density at radius 2 is 1.79 bits per heavy atom. The predicted octanol–water partition coefficient (Wildman–Crippen LogP) is 0.949. The molecule has 0 saturated heterocycles. The number of hydrogen-bond acceptors (Lipinski definition) is 3. The van der Waals surface area contributed by atoms with Crippen molar-refractivity contribution >= 4 is 17.6 Å². The van der Waals surface area contributed by atoms with Gasteiger partial charge in [-0.2, -0.15) is 0 Å². The molecule has 104 valence electrons. The van der Waals surface area contributed by atoms with Crippen molar-refractivity contribution in [1.82, 2.24) is 5.32 Å². The normalized spacial score (nSPS) is 13.4. The number of rotatable bonds is 5. The van der Waals surface area contributed by atoms with Gasteiger partial charge < -0.3 is 22.1 Å². The van der Waals surface area contributed by atoms with E-state index in [0.29, 0.717) is 12.2 Å². The Morgan fingerprint density at radius 1 is 1.21 bits per heavy atom. The van der Waals surface area contributed by atoms with E-state index in [-0.39, 0.29) is 17.9 Å². The maximum atomic E-state index is 11.7. The summed E-state index contributed by atoms with van der Waals surface area (Å²) < 4.78 is 0. The Balaban J connectivity index is 2.65. The molecule has 1 aromatic rings. The van der Waals surface area contributed by atoms with Gasteiger partial charge in [-0.3, -0.25) is 4.79 Å². The van der Waals surface area contributed by atoms with Crippen molar-refractivity contribution in [3.63, 3.8) is 0 Å². The number of carbonyl (C=O) groups is 2. The van der Waals surface area contributed by atoms with E-state index in [1.54, 1.807) is 19.1 Å². The smallest absolute Gasteiger partial charge is 0.316 e. The molecule has 0 spiro atoms. The molecule has 0 aliphatic heterocycles. The SMILES string of the molecule is CC(CN)C(=O)NC(C)c1ccc(NC(N)=O)cc1. The van der Waals surface area contributed by atoms with Crippen LogP contribution in [-0.2, 0) is 4.79 Å². The van der Waals surface area contributed by atoms with E-state index < -0.39 is 6.03 Å². The first kappa shape index (κ1) is 15.0. The average Bonchev–Trinajstić information content (AvgIpc) is 2.37. The van der Waals surface area contributed by atoms with Gasteiger partial charge in [-0.15, -0.1) is 0 Å². The molecule has 2 atom stereocenters. The van der Waals surface area contributed by atoms with Crippen LogP contribution in [0.3, 0.4) is 0 Å². The van der Waals surface area contributed by atoms with E-state index in [1.165, 1.54) is 0 Å². The summed E-state index contributed by atoms with van der Waals surface area (Å²) in [5.74, 6) is -0.285. The molecule has 1 rings (SSSR count). The molecule has 3 amide bonds. The summed E-state index contributed by atoms with van der Waals surface area (Å²) in [5, 5.41) is 5.35. The van der Waals surface area contributed by atoms with E-state index in [1.807, 2.05) is 19.1 Å².